The maximum absolute atomic E-state index is 12.5. The van der Waals surface area contributed by atoms with Crippen LogP contribution in [0.5, 0.6) is 11.6 Å². The highest BCUT2D eigenvalue weighted by Crippen LogP contribution is 2.37. The second-order valence-electron chi connectivity index (χ2n) is 7.36. The SMILES string of the molecule is CC[C@](O)(S)Cn1c(=O)[nH]c(=O)c2c(C)c(-c3ccc(Oc4ccc(Cl)cc4)nc3)sc21. The number of aromatic nitrogens is 3. The van der Waals surface area contributed by atoms with E-state index in [1.807, 2.05) is 13.0 Å². The van der Waals surface area contributed by atoms with Crippen molar-refractivity contribution in [1.82, 2.24) is 14.5 Å². The molecule has 10 heteroatoms. The minimum absolute atomic E-state index is 0.0514. The first kappa shape index (κ1) is 22.6. The number of thiophene rings is 1. The van der Waals surface area contributed by atoms with Gasteiger partial charge in [0.15, 0.2) is 0 Å². The van der Waals surface area contributed by atoms with Crippen molar-refractivity contribution in [3.63, 3.8) is 0 Å². The van der Waals surface area contributed by atoms with Crippen molar-refractivity contribution in [2.45, 2.75) is 31.7 Å². The molecule has 1 atom stereocenters. The zero-order valence-electron chi connectivity index (χ0n) is 17.3. The lowest BCUT2D eigenvalue weighted by molar-refractivity contribution is 0.115. The van der Waals surface area contributed by atoms with E-state index in [9.17, 15) is 14.7 Å². The van der Waals surface area contributed by atoms with Crippen LogP contribution in [0, 0.1) is 6.92 Å². The number of fused-ring (bicyclic) bond motifs is 1. The first-order valence-corrected chi connectivity index (χ1v) is 11.4. The number of rotatable bonds is 6. The largest absolute Gasteiger partial charge is 0.439 e. The minimum atomic E-state index is -1.38. The van der Waals surface area contributed by atoms with Gasteiger partial charge in [-0.2, -0.15) is 0 Å². The molecule has 4 rings (SSSR count). The second-order valence-corrected chi connectivity index (χ2v) is 9.63. The third-order valence-electron chi connectivity index (χ3n) is 5.08. The lowest BCUT2D eigenvalue weighted by Gasteiger charge is -2.21. The Hall–Kier alpha value is -2.59. The van der Waals surface area contributed by atoms with Crippen molar-refractivity contribution in [2.75, 3.05) is 0 Å². The number of aromatic amines is 1. The number of H-pyrrole nitrogens is 1. The van der Waals surface area contributed by atoms with Gasteiger partial charge in [0.2, 0.25) is 5.88 Å². The Kier molecular flexibility index (Phi) is 6.17. The van der Waals surface area contributed by atoms with Gasteiger partial charge in [-0.3, -0.25) is 14.3 Å². The fourth-order valence-corrected chi connectivity index (χ4v) is 4.82. The molecule has 0 unspecified atom stereocenters. The van der Waals surface area contributed by atoms with Crippen molar-refractivity contribution in [3.8, 4) is 22.1 Å². The van der Waals surface area contributed by atoms with Crippen LogP contribution >= 0.6 is 35.6 Å². The Balaban J connectivity index is 1.74. The van der Waals surface area contributed by atoms with E-state index in [2.05, 4.69) is 22.6 Å². The van der Waals surface area contributed by atoms with E-state index in [1.165, 1.54) is 15.9 Å². The zero-order valence-corrected chi connectivity index (χ0v) is 19.7. The summed E-state index contributed by atoms with van der Waals surface area (Å²) in [5, 5.41) is 11.4. The Labute approximate surface area is 197 Å². The van der Waals surface area contributed by atoms with Crippen LogP contribution in [-0.4, -0.2) is 24.6 Å². The summed E-state index contributed by atoms with van der Waals surface area (Å²) in [5.74, 6) is 1.02. The van der Waals surface area contributed by atoms with Gasteiger partial charge >= 0.3 is 5.69 Å². The normalized spacial score (nSPS) is 13.3. The number of thiol groups is 1. The maximum atomic E-state index is 12.5. The third-order valence-corrected chi connectivity index (χ3v) is 7.15. The Bertz CT molecular complexity index is 1390. The number of ether oxygens (including phenoxy) is 1. The lowest BCUT2D eigenvalue weighted by Crippen LogP contribution is -2.36. The molecule has 166 valence electrons. The van der Waals surface area contributed by atoms with Gasteiger partial charge in [0.1, 0.15) is 15.5 Å². The van der Waals surface area contributed by atoms with E-state index >= 15 is 0 Å². The number of nitrogens with zero attached hydrogens (tertiary/aromatic N) is 2. The van der Waals surface area contributed by atoms with E-state index < -0.39 is 16.2 Å². The molecule has 7 nitrogen and oxygen atoms in total. The number of benzene rings is 1. The molecule has 1 aromatic carbocycles. The predicted molar refractivity (Wildman–Crippen MR) is 130 cm³/mol. The Morgan fingerprint density at radius 3 is 2.59 bits per heavy atom. The topological polar surface area (TPSA) is 97.2 Å². The van der Waals surface area contributed by atoms with Crippen LogP contribution < -0.4 is 16.0 Å². The third kappa shape index (κ3) is 4.47. The Morgan fingerprint density at radius 2 is 1.97 bits per heavy atom. The van der Waals surface area contributed by atoms with Crippen molar-refractivity contribution in [3.05, 3.63) is 74.0 Å². The summed E-state index contributed by atoms with van der Waals surface area (Å²) in [7, 11) is 0. The van der Waals surface area contributed by atoms with Crippen LogP contribution in [0.3, 0.4) is 0 Å². The van der Waals surface area contributed by atoms with E-state index in [0.29, 0.717) is 33.3 Å². The summed E-state index contributed by atoms with van der Waals surface area (Å²) in [6.07, 6.45) is 1.99. The van der Waals surface area contributed by atoms with Crippen molar-refractivity contribution >= 4 is 45.8 Å². The van der Waals surface area contributed by atoms with E-state index in [0.717, 1.165) is 16.0 Å². The van der Waals surface area contributed by atoms with Gasteiger partial charge in [0, 0.05) is 27.7 Å². The van der Waals surface area contributed by atoms with Gasteiger partial charge in [-0.15, -0.1) is 24.0 Å². The first-order chi connectivity index (χ1) is 15.2. The predicted octanol–water partition coefficient (Wildman–Crippen LogP) is 4.60. The van der Waals surface area contributed by atoms with Gasteiger partial charge in [-0.05, 0) is 49.2 Å². The van der Waals surface area contributed by atoms with Gasteiger partial charge in [-0.25, -0.2) is 9.78 Å². The monoisotopic (exact) mass is 489 g/mol. The van der Waals surface area contributed by atoms with Gasteiger partial charge in [0.05, 0.1) is 11.9 Å². The molecule has 4 aromatic rings. The molecule has 2 N–H and O–H groups in total. The molecule has 3 aromatic heterocycles. The summed E-state index contributed by atoms with van der Waals surface area (Å²) < 4.78 is 7.09. The maximum Gasteiger partial charge on any atom is 0.329 e. The van der Waals surface area contributed by atoms with Crippen molar-refractivity contribution in [2.24, 2.45) is 0 Å². The Morgan fingerprint density at radius 1 is 1.25 bits per heavy atom. The smallest absolute Gasteiger partial charge is 0.329 e. The summed E-state index contributed by atoms with van der Waals surface area (Å²) in [4.78, 5) is 31.6. The molecule has 0 aliphatic heterocycles. The van der Waals surface area contributed by atoms with Crippen molar-refractivity contribution in [1.29, 1.82) is 0 Å². The quantitative estimate of drug-likeness (QED) is 0.272. The molecule has 0 radical (unpaired) electrons. The average Bonchev–Trinajstić information content (AvgIpc) is 3.11. The van der Waals surface area contributed by atoms with Crippen LogP contribution in [0.4, 0.5) is 0 Å². The van der Waals surface area contributed by atoms with Crippen LogP contribution in [0.2, 0.25) is 5.02 Å². The summed E-state index contributed by atoms with van der Waals surface area (Å²) >= 11 is 11.4. The van der Waals surface area contributed by atoms with E-state index in [1.54, 1.807) is 43.5 Å². The number of pyridine rings is 1. The number of hydrogen-bond acceptors (Lipinski definition) is 7. The molecule has 0 amide bonds. The fourth-order valence-electron chi connectivity index (χ4n) is 3.26. The van der Waals surface area contributed by atoms with Crippen molar-refractivity contribution < 1.29 is 9.84 Å². The first-order valence-electron chi connectivity index (χ1n) is 9.79. The van der Waals surface area contributed by atoms with Gasteiger partial charge in [-0.1, -0.05) is 18.5 Å². The molecule has 0 saturated carbocycles. The molecular formula is C22H20ClN3O4S2. The highest BCUT2D eigenvalue weighted by atomic mass is 35.5. The zero-order chi connectivity index (χ0) is 23.0. The molecule has 32 heavy (non-hydrogen) atoms. The second kappa shape index (κ2) is 8.74. The summed E-state index contributed by atoms with van der Waals surface area (Å²) in [6.45, 7) is 3.54. The summed E-state index contributed by atoms with van der Waals surface area (Å²) in [6, 6.07) is 10.5. The molecule has 0 bridgehead atoms. The van der Waals surface area contributed by atoms with Crippen LogP contribution in [-0.2, 0) is 6.54 Å². The number of nitrogens with one attached hydrogen (secondary N) is 1. The molecule has 0 spiro atoms. The molecule has 0 aliphatic carbocycles. The summed E-state index contributed by atoms with van der Waals surface area (Å²) in [5.41, 5.74) is 0.465. The average molecular weight is 490 g/mol. The van der Waals surface area contributed by atoms with E-state index in [-0.39, 0.29) is 6.54 Å². The highest BCUT2D eigenvalue weighted by molar-refractivity contribution is 7.81. The lowest BCUT2D eigenvalue weighted by atomic mass is 10.1. The number of aryl methyl sites for hydroxylation is 1. The highest BCUT2D eigenvalue weighted by Gasteiger charge is 2.24. The van der Waals surface area contributed by atoms with Gasteiger partial charge in [0.25, 0.3) is 5.56 Å². The number of aliphatic hydroxyl groups is 1. The molecule has 0 fully saturated rings. The molecule has 0 aliphatic rings. The van der Waals surface area contributed by atoms with Crippen LogP contribution in [0.15, 0.2) is 52.2 Å². The minimum Gasteiger partial charge on any atom is -0.439 e. The molecule has 0 saturated heterocycles. The number of hydrogen-bond donors (Lipinski definition) is 3. The van der Waals surface area contributed by atoms with E-state index in [4.69, 9.17) is 16.3 Å². The van der Waals surface area contributed by atoms with Crippen LogP contribution in [0.1, 0.15) is 18.9 Å². The standard InChI is InChI=1S/C22H20ClN3O4S2/c1-3-22(29,31)11-26-20-17(19(27)25-21(26)28)12(2)18(32-20)13-4-9-16(24-10-13)30-15-7-5-14(23)6-8-15/h4-10,29,31H,3,11H2,1-2H3,(H,25,27,28)/t22-/m0/s1. The van der Waals surface area contributed by atoms with Gasteiger partial charge < -0.3 is 9.84 Å². The fraction of sp³-hybridized carbons (Fsp3) is 0.227. The van der Waals surface area contributed by atoms with Crippen LogP contribution in [0.25, 0.3) is 20.7 Å². The molecular weight excluding hydrogens is 470 g/mol. The number of halogens is 1. The molecule has 3 heterocycles.